The van der Waals surface area contributed by atoms with E-state index < -0.39 is 11.1 Å². The van der Waals surface area contributed by atoms with Gasteiger partial charge in [-0.3, -0.25) is 4.79 Å². The predicted molar refractivity (Wildman–Crippen MR) is 39.4 cm³/mol. The van der Waals surface area contributed by atoms with Crippen molar-refractivity contribution >= 4 is 28.4 Å². The number of carbonyl (C=O) groups excluding carboxylic acids is 1. The molecule has 0 radical (unpaired) electrons. The maximum atomic E-state index is 12.6. The van der Waals surface area contributed by atoms with Gasteiger partial charge in [0.1, 0.15) is 16.5 Å². The monoisotopic (exact) mass is 193 g/mol. The molecule has 1 heterocycles. The number of hydrogen-bond acceptors (Lipinski definition) is 2. The molecule has 11 heavy (non-hydrogen) atoms. The third-order valence-electron chi connectivity index (χ3n) is 1.03. The van der Waals surface area contributed by atoms with E-state index >= 15 is 0 Å². The highest BCUT2D eigenvalue weighted by molar-refractivity contribution is 6.68. The van der Waals surface area contributed by atoms with Crippen LogP contribution in [0.2, 0.25) is 5.02 Å². The Morgan fingerprint density at radius 2 is 2.27 bits per heavy atom. The first-order valence-corrected chi connectivity index (χ1v) is 3.38. The fourth-order valence-electron chi connectivity index (χ4n) is 0.557. The van der Waals surface area contributed by atoms with Gasteiger partial charge in [-0.25, -0.2) is 9.37 Å². The van der Waals surface area contributed by atoms with Crippen LogP contribution in [0.1, 0.15) is 10.5 Å². The third kappa shape index (κ3) is 1.67. The van der Waals surface area contributed by atoms with E-state index in [1.165, 1.54) is 0 Å². The van der Waals surface area contributed by atoms with E-state index in [1.807, 2.05) is 0 Å². The second-order valence-corrected chi connectivity index (χ2v) is 2.45. The van der Waals surface area contributed by atoms with Gasteiger partial charge in [-0.1, -0.05) is 11.6 Å². The average molecular weight is 194 g/mol. The first-order valence-electron chi connectivity index (χ1n) is 2.62. The molecular weight excluding hydrogens is 192 g/mol. The zero-order valence-electron chi connectivity index (χ0n) is 5.14. The lowest BCUT2D eigenvalue weighted by Gasteiger charge is -1.96. The van der Waals surface area contributed by atoms with E-state index in [4.69, 9.17) is 23.2 Å². The Labute approximate surface area is 71.9 Å². The maximum absolute atomic E-state index is 12.6. The van der Waals surface area contributed by atoms with E-state index in [-0.39, 0.29) is 10.7 Å². The first-order chi connectivity index (χ1) is 5.13. The number of halogens is 3. The zero-order valence-corrected chi connectivity index (χ0v) is 6.66. The van der Waals surface area contributed by atoms with Crippen LogP contribution >= 0.6 is 23.2 Å². The van der Waals surface area contributed by atoms with Crippen LogP contribution in [-0.2, 0) is 0 Å². The van der Waals surface area contributed by atoms with Crippen molar-refractivity contribution in [3.8, 4) is 0 Å². The lowest BCUT2D eigenvalue weighted by molar-refractivity contribution is 0.107. The molecule has 0 aliphatic heterocycles. The molecular formula is C6H2Cl2FNO. The Morgan fingerprint density at radius 1 is 1.64 bits per heavy atom. The Morgan fingerprint density at radius 3 is 2.73 bits per heavy atom. The van der Waals surface area contributed by atoms with Gasteiger partial charge < -0.3 is 0 Å². The minimum Gasteiger partial charge on any atom is -0.274 e. The topological polar surface area (TPSA) is 30.0 Å². The lowest BCUT2D eigenvalue weighted by Crippen LogP contribution is -1.96. The largest absolute Gasteiger partial charge is 0.274 e. The molecule has 0 aliphatic carbocycles. The maximum Gasteiger partial charge on any atom is 0.272 e. The van der Waals surface area contributed by atoms with Gasteiger partial charge in [0.05, 0.1) is 0 Å². The SMILES string of the molecule is O=C(Cl)c1nccc(F)c1Cl. The summed E-state index contributed by atoms with van der Waals surface area (Å²) in [6.45, 7) is 0. The molecule has 0 amide bonds. The van der Waals surface area contributed by atoms with E-state index in [2.05, 4.69) is 4.98 Å². The van der Waals surface area contributed by atoms with Crippen molar-refractivity contribution in [2.75, 3.05) is 0 Å². The minimum absolute atomic E-state index is 0.256. The van der Waals surface area contributed by atoms with Gasteiger partial charge in [0.15, 0.2) is 0 Å². The van der Waals surface area contributed by atoms with Crippen LogP contribution in [0, 0.1) is 5.82 Å². The second-order valence-electron chi connectivity index (χ2n) is 1.73. The van der Waals surface area contributed by atoms with Crippen molar-refractivity contribution in [1.82, 2.24) is 4.98 Å². The molecule has 0 spiro atoms. The molecule has 0 aliphatic rings. The fraction of sp³-hybridized carbons (Fsp3) is 0. The molecule has 0 saturated carbocycles. The number of rotatable bonds is 1. The summed E-state index contributed by atoms with van der Waals surface area (Å²) in [6.07, 6.45) is 1.12. The Hall–Kier alpha value is -0.670. The normalized spacial score (nSPS) is 9.73. The van der Waals surface area contributed by atoms with Crippen LogP contribution in [0.5, 0.6) is 0 Å². The van der Waals surface area contributed by atoms with E-state index in [1.54, 1.807) is 0 Å². The van der Waals surface area contributed by atoms with E-state index in [0.717, 1.165) is 12.3 Å². The molecule has 1 rings (SSSR count). The van der Waals surface area contributed by atoms with Gasteiger partial charge in [0.2, 0.25) is 0 Å². The van der Waals surface area contributed by atoms with Crippen LogP contribution in [0.15, 0.2) is 12.3 Å². The molecule has 0 unspecified atom stereocenters. The Bertz CT molecular complexity index is 303. The molecule has 0 N–H and O–H groups in total. The predicted octanol–water partition coefficient (Wildman–Crippen LogP) is 2.25. The van der Waals surface area contributed by atoms with Crippen LogP contribution in [0.25, 0.3) is 0 Å². The molecule has 0 aromatic carbocycles. The van der Waals surface area contributed by atoms with Crippen LogP contribution < -0.4 is 0 Å². The fourth-order valence-corrected chi connectivity index (χ4v) is 0.946. The number of aromatic nitrogens is 1. The van der Waals surface area contributed by atoms with Crippen molar-refractivity contribution in [3.63, 3.8) is 0 Å². The highest BCUT2D eigenvalue weighted by Gasteiger charge is 2.12. The molecule has 0 saturated heterocycles. The zero-order chi connectivity index (χ0) is 8.43. The van der Waals surface area contributed by atoms with Gasteiger partial charge in [-0.05, 0) is 17.7 Å². The van der Waals surface area contributed by atoms with E-state index in [9.17, 15) is 9.18 Å². The first kappa shape index (κ1) is 8.43. The molecule has 1 aromatic heterocycles. The van der Waals surface area contributed by atoms with Crippen molar-refractivity contribution in [2.24, 2.45) is 0 Å². The number of nitrogens with zero attached hydrogens (tertiary/aromatic N) is 1. The highest BCUT2D eigenvalue weighted by atomic mass is 35.5. The van der Waals surface area contributed by atoms with Crippen LogP contribution in [0.3, 0.4) is 0 Å². The standard InChI is InChI=1S/C6H2Cl2FNO/c7-4-3(9)1-2-10-5(4)6(8)11/h1-2H. The highest BCUT2D eigenvalue weighted by Crippen LogP contribution is 2.18. The summed E-state index contributed by atoms with van der Waals surface area (Å²) < 4.78 is 12.6. The summed E-state index contributed by atoms with van der Waals surface area (Å²) in [5.41, 5.74) is -0.256. The summed E-state index contributed by atoms with van der Waals surface area (Å²) in [6, 6.07) is 1.05. The van der Waals surface area contributed by atoms with Crippen LogP contribution in [0.4, 0.5) is 4.39 Å². The summed E-state index contributed by atoms with van der Waals surface area (Å²) in [4.78, 5) is 14.0. The van der Waals surface area contributed by atoms with Gasteiger partial charge >= 0.3 is 0 Å². The number of hydrogen-bond donors (Lipinski definition) is 0. The molecule has 1 aromatic rings. The van der Waals surface area contributed by atoms with Crippen molar-refractivity contribution in [3.05, 3.63) is 28.8 Å². The van der Waals surface area contributed by atoms with Crippen molar-refractivity contribution in [2.45, 2.75) is 0 Å². The molecule has 0 atom stereocenters. The summed E-state index contributed by atoms with van der Waals surface area (Å²) in [5, 5.41) is -1.21. The van der Waals surface area contributed by atoms with Gasteiger partial charge in [-0.15, -0.1) is 0 Å². The number of pyridine rings is 1. The summed E-state index contributed by atoms with van der Waals surface area (Å²) >= 11 is 10.4. The minimum atomic E-state index is -0.866. The molecule has 2 nitrogen and oxygen atoms in total. The second kappa shape index (κ2) is 3.15. The van der Waals surface area contributed by atoms with E-state index in [0.29, 0.717) is 0 Å². The summed E-state index contributed by atoms with van der Waals surface area (Å²) in [7, 11) is 0. The third-order valence-corrected chi connectivity index (χ3v) is 1.57. The Balaban J connectivity index is 3.27. The smallest absolute Gasteiger partial charge is 0.272 e. The number of carbonyl (C=O) groups is 1. The van der Waals surface area contributed by atoms with Gasteiger partial charge in [-0.2, -0.15) is 0 Å². The molecule has 58 valence electrons. The quantitative estimate of drug-likeness (QED) is 0.641. The molecule has 0 fully saturated rings. The average Bonchev–Trinajstić information content (AvgIpc) is 1.94. The molecule has 5 heteroatoms. The summed E-state index contributed by atoms with van der Waals surface area (Å²) in [5.74, 6) is -0.703. The Kier molecular flexibility index (Phi) is 2.42. The van der Waals surface area contributed by atoms with Crippen LogP contribution in [-0.4, -0.2) is 10.2 Å². The van der Waals surface area contributed by atoms with Crippen molar-refractivity contribution in [1.29, 1.82) is 0 Å². The molecule has 0 bridgehead atoms. The van der Waals surface area contributed by atoms with Gasteiger partial charge in [0.25, 0.3) is 5.24 Å². The van der Waals surface area contributed by atoms with Crippen molar-refractivity contribution < 1.29 is 9.18 Å². The lowest BCUT2D eigenvalue weighted by atomic mass is 10.3. The van der Waals surface area contributed by atoms with Gasteiger partial charge in [0, 0.05) is 6.20 Å².